The highest BCUT2D eigenvalue weighted by atomic mass is 33.1. The van der Waals surface area contributed by atoms with Crippen molar-refractivity contribution in [1.82, 2.24) is 0 Å². The fourth-order valence-electron chi connectivity index (χ4n) is 0.476. The van der Waals surface area contributed by atoms with Gasteiger partial charge in [0.15, 0.2) is 0 Å². The van der Waals surface area contributed by atoms with Gasteiger partial charge in [-0.3, -0.25) is 0 Å². The highest BCUT2D eigenvalue weighted by Crippen LogP contribution is 2.28. The van der Waals surface area contributed by atoms with Crippen LogP contribution in [0.15, 0.2) is 0 Å². The van der Waals surface area contributed by atoms with E-state index >= 15 is 0 Å². The number of hydrogen-bond donors (Lipinski definition) is 1. The topological polar surface area (TPSA) is 20.2 Å². The Kier molecular flexibility index (Phi) is 5.84. The molecule has 0 aromatic carbocycles. The molecule has 0 aliphatic rings. The highest BCUT2D eigenvalue weighted by molar-refractivity contribution is 8.76. The van der Waals surface area contributed by atoms with E-state index in [2.05, 4.69) is 13.8 Å². The van der Waals surface area contributed by atoms with Crippen molar-refractivity contribution in [2.45, 2.75) is 19.1 Å². The Morgan fingerprint density at radius 3 is 2.11 bits per heavy atom. The molecule has 0 spiro atoms. The van der Waals surface area contributed by atoms with Crippen LogP contribution in [0.5, 0.6) is 0 Å². The number of rotatable bonds is 4. The van der Waals surface area contributed by atoms with E-state index in [-0.39, 0.29) is 0 Å². The van der Waals surface area contributed by atoms with Crippen LogP contribution in [-0.4, -0.2) is 23.2 Å². The largest absolute Gasteiger partial charge is 0.395 e. The maximum Gasteiger partial charge on any atom is 0.0560 e. The molecular weight excluding hydrogens is 152 g/mol. The Balaban J connectivity index is 3.41. The van der Waals surface area contributed by atoms with Gasteiger partial charge in [-0.1, -0.05) is 35.4 Å². The SMILES string of the molecule is CSS[C@@H](CO)C(C)C. The predicted molar refractivity (Wildman–Crippen MR) is 46.8 cm³/mol. The Morgan fingerprint density at radius 1 is 1.44 bits per heavy atom. The third-order valence-electron chi connectivity index (χ3n) is 1.14. The minimum absolute atomic E-state index is 0.295. The number of aliphatic hydroxyl groups excluding tert-OH is 1. The number of aliphatic hydroxyl groups is 1. The average molecular weight is 166 g/mol. The molecule has 0 saturated heterocycles. The molecule has 0 fully saturated rings. The van der Waals surface area contributed by atoms with Gasteiger partial charge in [-0.25, -0.2) is 0 Å². The molecule has 0 heterocycles. The standard InChI is InChI=1S/C6H14OS2/c1-5(2)6(4-7)9-8-3/h5-7H,4H2,1-3H3/t6-/m0/s1. The van der Waals surface area contributed by atoms with Gasteiger partial charge in [0.2, 0.25) is 0 Å². The normalized spacial score (nSPS) is 14.3. The molecule has 3 heteroatoms. The molecule has 0 saturated carbocycles. The van der Waals surface area contributed by atoms with Crippen molar-refractivity contribution in [3.8, 4) is 0 Å². The van der Waals surface area contributed by atoms with E-state index < -0.39 is 0 Å². The first-order chi connectivity index (χ1) is 4.22. The molecule has 0 aromatic rings. The Hall–Kier alpha value is 0.660. The summed E-state index contributed by atoms with van der Waals surface area (Å²) in [5, 5.41) is 9.20. The molecule has 0 bridgehead atoms. The van der Waals surface area contributed by atoms with Crippen molar-refractivity contribution in [3.63, 3.8) is 0 Å². The van der Waals surface area contributed by atoms with Gasteiger partial charge in [0, 0.05) is 5.25 Å². The lowest BCUT2D eigenvalue weighted by Gasteiger charge is -2.14. The van der Waals surface area contributed by atoms with Crippen LogP contribution in [-0.2, 0) is 0 Å². The van der Waals surface area contributed by atoms with Gasteiger partial charge in [0.25, 0.3) is 0 Å². The molecule has 0 aliphatic heterocycles. The molecule has 0 aromatic heterocycles. The van der Waals surface area contributed by atoms with Crippen LogP contribution >= 0.6 is 21.6 Å². The van der Waals surface area contributed by atoms with Crippen molar-refractivity contribution >= 4 is 21.6 Å². The molecule has 1 N–H and O–H groups in total. The maximum absolute atomic E-state index is 8.79. The maximum atomic E-state index is 8.79. The summed E-state index contributed by atoms with van der Waals surface area (Å²) in [5.74, 6) is 0.576. The highest BCUT2D eigenvalue weighted by Gasteiger charge is 2.10. The van der Waals surface area contributed by atoms with Gasteiger partial charge in [-0.15, -0.1) is 0 Å². The Labute approximate surface area is 65.0 Å². The lowest BCUT2D eigenvalue weighted by molar-refractivity contribution is 0.275. The van der Waals surface area contributed by atoms with Gasteiger partial charge in [-0.2, -0.15) is 0 Å². The molecule has 56 valence electrons. The van der Waals surface area contributed by atoms with E-state index in [1.54, 1.807) is 21.6 Å². The zero-order valence-corrected chi connectivity index (χ0v) is 7.76. The fraction of sp³-hybridized carbons (Fsp3) is 1.00. The Morgan fingerprint density at radius 2 is 2.00 bits per heavy atom. The summed E-state index contributed by atoms with van der Waals surface area (Å²) in [6.45, 7) is 4.55. The second kappa shape index (κ2) is 5.45. The zero-order valence-electron chi connectivity index (χ0n) is 6.13. The Bertz CT molecular complexity index is 66.1. The van der Waals surface area contributed by atoms with E-state index in [9.17, 15) is 0 Å². The quantitative estimate of drug-likeness (QED) is 0.645. The predicted octanol–water partition coefficient (Wildman–Crippen LogP) is 2.01. The van der Waals surface area contributed by atoms with E-state index in [4.69, 9.17) is 5.11 Å². The molecule has 0 unspecified atom stereocenters. The van der Waals surface area contributed by atoms with Crippen molar-refractivity contribution < 1.29 is 5.11 Å². The third kappa shape index (κ3) is 4.12. The van der Waals surface area contributed by atoms with E-state index in [0.717, 1.165) is 0 Å². The van der Waals surface area contributed by atoms with Crippen molar-refractivity contribution in [1.29, 1.82) is 0 Å². The summed E-state index contributed by atoms with van der Waals surface area (Å²) in [6, 6.07) is 0. The van der Waals surface area contributed by atoms with Gasteiger partial charge >= 0.3 is 0 Å². The summed E-state index contributed by atoms with van der Waals surface area (Å²) in [4.78, 5) is 0. The molecule has 9 heavy (non-hydrogen) atoms. The second-order valence-electron chi connectivity index (χ2n) is 2.23. The van der Waals surface area contributed by atoms with Crippen LogP contribution < -0.4 is 0 Å². The summed E-state index contributed by atoms with van der Waals surface area (Å²) in [7, 11) is 3.47. The van der Waals surface area contributed by atoms with E-state index in [1.165, 1.54) is 0 Å². The first kappa shape index (κ1) is 9.66. The van der Waals surface area contributed by atoms with E-state index in [1.807, 2.05) is 6.26 Å². The molecule has 1 atom stereocenters. The molecule has 1 nitrogen and oxygen atoms in total. The summed E-state index contributed by atoms with van der Waals surface area (Å²) < 4.78 is 0. The van der Waals surface area contributed by atoms with Crippen molar-refractivity contribution in [2.24, 2.45) is 5.92 Å². The minimum atomic E-state index is 0.295. The van der Waals surface area contributed by atoms with E-state index in [0.29, 0.717) is 17.8 Å². The first-order valence-electron chi connectivity index (χ1n) is 3.02. The monoisotopic (exact) mass is 166 g/mol. The molecule has 0 radical (unpaired) electrons. The zero-order chi connectivity index (χ0) is 7.28. The summed E-state index contributed by atoms with van der Waals surface area (Å²) in [5.41, 5.74) is 0. The van der Waals surface area contributed by atoms with Gasteiger partial charge in [-0.05, 0) is 12.2 Å². The fourth-order valence-corrected chi connectivity index (χ4v) is 2.60. The van der Waals surface area contributed by atoms with Crippen LogP contribution in [0.2, 0.25) is 0 Å². The lowest BCUT2D eigenvalue weighted by atomic mass is 10.1. The summed E-state index contributed by atoms with van der Waals surface area (Å²) >= 11 is 0. The van der Waals surface area contributed by atoms with Gasteiger partial charge < -0.3 is 5.11 Å². The molecular formula is C6H14OS2. The minimum Gasteiger partial charge on any atom is -0.395 e. The molecule has 0 aliphatic carbocycles. The molecule has 0 amide bonds. The van der Waals surface area contributed by atoms with Crippen LogP contribution in [0.4, 0.5) is 0 Å². The van der Waals surface area contributed by atoms with Crippen LogP contribution in [0.25, 0.3) is 0 Å². The van der Waals surface area contributed by atoms with Crippen molar-refractivity contribution in [3.05, 3.63) is 0 Å². The summed E-state index contributed by atoms with van der Waals surface area (Å²) in [6.07, 6.45) is 2.04. The van der Waals surface area contributed by atoms with Crippen molar-refractivity contribution in [2.75, 3.05) is 12.9 Å². The molecule has 0 rings (SSSR count). The number of hydrogen-bond acceptors (Lipinski definition) is 3. The van der Waals surface area contributed by atoms with Crippen LogP contribution in [0.1, 0.15) is 13.8 Å². The third-order valence-corrected chi connectivity index (χ3v) is 3.60. The van der Waals surface area contributed by atoms with Gasteiger partial charge in [0.1, 0.15) is 0 Å². The first-order valence-corrected chi connectivity index (χ1v) is 5.64. The van der Waals surface area contributed by atoms with Crippen LogP contribution in [0.3, 0.4) is 0 Å². The smallest absolute Gasteiger partial charge is 0.0560 e. The second-order valence-corrected chi connectivity index (χ2v) is 4.94. The van der Waals surface area contributed by atoms with Gasteiger partial charge in [0.05, 0.1) is 6.61 Å². The lowest BCUT2D eigenvalue weighted by Crippen LogP contribution is -2.14. The van der Waals surface area contributed by atoms with Crippen LogP contribution in [0, 0.1) is 5.92 Å². The average Bonchev–Trinajstić information content (AvgIpc) is 1.82.